The number of aromatic nitrogens is 2. The van der Waals surface area contributed by atoms with Crippen LogP contribution in [0.2, 0.25) is 0 Å². The molecule has 144 valence electrons. The summed E-state index contributed by atoms with van der Waals surface area (Å²) in [6.45, 7) is 7.05. The molecule has 0 unspecified atom stereocenters. The predicted octanol–water partition coefficient (Wildman–Crippen LogP) is 5.65. The van der Waals surface area contributed by atoms with Gasteiger partial charge in [-0.2, -0.15) is 4.98 Å². The van der Waals surface area contributed by atoms with Crippen LogP contribution in [0.25, 0.3) is 0 Å². The molecule has 0 fully saturated rings. The SMILES string of the molecule is CCN(C)C=Nc1cc(C)c(Oc2ccnc(Sc3ccccc3)n2)cc1C. The van der Waals surface area contributed by atoms with E-state index in [1.54, 1.807) is 12.3 Å². The third-order valence-electron chi connectivity index (χ3n) is 4.16. The molecule has 3 rings (SSSR count). The summed E-state index contributed by atoms with van der Waals surface area (Å²) >= 11 is 1.51. The molecule has 0 aliphatic heterocycles. The molecule has 0 aliphatic rings. The van der Waals surface area contributed by atoms with Crippen molar-refractivity contribution in [3.05, 3.63) is 65.9 Å². The minimum absolute atomic E-state index is 0.526. The molecular formula is C22H24N4OS. The first-order chi connectivity index (χ1) is 13.5. The number of benzene rings is 2. The lowest BCUT2D eigenvalue weighted by atomic mass is 10.1. The fourth-order valence-corrected chi connectivity index (χ4v) is 3.16. The van der Waals surface area contributed by atoms with Gasteiger partial charge in [0.15, 0.2) is 5.16 Å². The van der Waals surface area contributed by atoms with E-state index in [-0.39, 0.29) is 0 Å². The smallest absolute Gasteiger partial charge is 0.223 e. The highest BCUT2D eigenvalue weighted by atomic mass is 32.2. The molecule has 0 saturated carbocycles. The van der Waals surface area contributed by atoms with Crippen molar-refractivity contribution < 1.29 is 4.74 Å². The monoisotopic (exact) mass is 392 g/mol. The Labute approximate surface area is 170 Å². The molecule has 6 heteroatoms. The third-order valence-corrected chi connectivity index (χ3v) is 5.05. The van der Waals surface area contributed by atoms with E-state index in [0.29, 0.717) is 11.0 Å². The van der Waals surface area contributed by atoms with Crippen molar-refractivity contribution in [3.8, 4) is 11.6 Å². The van der Waals surface area contributed by atoms with E-state index in [2.05, 4.69) is 21.9 Å². The molecule has 0 saturated heterocycles. The van der Waals surface area contributed by atoms with E-state index >= 15 is 0 Å². The molecule has 0 spiro atoms. The molecule has 0 N–H and O–H groups in total. The molecule has 0 amide bonds. The van der Waals surface area contributed by atoms with Crippen LogP contribution in [0, 0.1) is 13.8 Å². The van der Waals surface area contributed by atoms with Crippen LogP contribution < -0.4 is 4.74 Å². The molecule has 0 bridgehead atoms. The lowest BCUT2D eigenvalue weighted by Gasteiger charge is -2.12. The van der Waals surface area contributed by atoms with Crippen LogP contribution >= 0.6 is 11.8 Å². The van der Waals surface area contributed by atoms with Gasteiger partial charge < -0.3 is 9.64 Å². The van der Waals surface area contributed by atoms with Gasteiger partial charge in [0.1, 0.15) is 5.75 Å². The summed E-state index contributed by atoms with van der Waals surface area (Å²) in [4.78, 5) is 16.5. The van der Waals surface area contributed by atoms with Gasteiger partial charge in [-0.05, 0) is 67.9 Å². The zero-order valence-corrected chi connectivity index (χ0v) is 17.4. The highest BCUT2D eigenvalue weighted by Gasteiger charge is 2.09. The van der Waals surface area contributed by atoms with Crippen LogP contribution in [-0.2, 0) is 0 Å². The number of rotatable bonds is 7. The first-order valence-electron chi connectivity index (χ1n) is 9.14. The van der Waals surface area contributed by atoms with E-state index < -0.39 is 0 Å². The van der Waals surface area contributed by atoms with Crippen molar-refractivity contribution in [2.45, 2.75) is 30.8 Å². The zero-order chi connectivity index (χ0) is 19.9. The maximum atomic E-state index is 6.04. The number of aliphatic imine (C=N–C) groups is 1. The Balaban J connectivity index is 1.77. The standard InChI is InChI=1S/C22H24N4OS/c1-5-26(4)15-24-19-13-17(3)20(14-16(19)2)27-21-11-12-23-22(25-21)28-18-9-7-6-8-10-18/h6-15H,5H2,1-4H3. The molecule has 1 aromatic heterocycles. The Morgan fingerprint density at radius 2 is 1.89 bits per heavy atom. The highest BCUT2D eigenvalue weighted by Crippen LogP contribution is 2.32. The minimum atomic E-state index is 0.526. The van der Waals surface area contributed by atoms with Gasteiger partial charge in [0, 0.05) is 30.8 Å². The molecule has 2 aromatic carbocycles. The van der Waals surface area contributed by atoms with Crippen molar-refractivity contribution in [2.24, 2.45) is 4.99 Å². The van der Waals surface area contributed by atoms with Crippen LogP contribution in [0.4, 0.5) is 5.69 Å². The van der Waals surface area contributed by atoms with Gasteiger partial charge in [-0.15, -0.1) is 0 Å². The normalized spacial score (nSPS) is 11.0. The Bertz CT molecular complexity index is 960. The van der Waals surface area contributed by atoms with Gasteiger partial charge in [0.25, 0.3) is 0 Å². The van der Waals surface area contributed by atoms with Gasteiger partial charge in [0.05, 0.1) is 12.0 Å². The summed E-state index contributed by atoms with van der Waals surface area (Å²) in [7, 11) is 2.00. The molecule has 0 radical (unpaired) electrons. The van der Waals surface area contributed by atoms with Crippen LogP contribution in [0.3, 0.4) is 0 Å². The minimum Gasteiger partial charge on any atom is -0.439 e. The van der Waals surface area contributed by atoms with E-state index in [4.69, 9.17) is 4.74 Å². The first-order valence-corrected chi connectivity index (χ1v) is 9.96. The fraction of sp³-hybridized carbons (Fsp3) is 0.227. The summed E-state index contributed by atoms with van der Waals surface area (Å²) < 4.78 is 6.04. The van der Waals surface area contributed by atoms with Gasteiger partial charge in [-0.25, -0.2) is 9.98 Å². The second-order valence-electron chi connectivity index (χ2n) is 6.42. The predicted molar refractivity (Wildman–Crippen MR) is 115 cm³/mol. The fourth-order valence-electron chi connectivity index (χ4n) is 2.40. The largest absolute Gasteiger partial charge is 0.439 e. The van der Waals surface area contributed by atoms with Crippen molar-refractivity contribution >= 4 is 23.8 Å². The molecule has 28 heavy (non-hydrogen) atoms. The van der Waals surface area contributed by atoms with Gasteiger partial charge in [-0.1, -0.05) is 18.2 Å². The number of aryl methyl sites for hydroxylation is 2. The zero-order valence-electron chi connectivity index (χ0n) is 16.6. The molecule has 0 atom stereocenters. The molecule has 5 nitrogen and oxygen atoms in total. The third kappa shape index (κ3) is 5.33. The summed E-state index contributed by atoms with van der Waals surface area (Å²) in [5.41, 5.74) is 3.00. The Morgan fingerprint density at radius 1 is 1.11 bits per heavy atom. The summed E-state index contributed by atoms with van der Waals surface area (Å²) in [5, 5.41) is 0.655. The Kier molecular flexibility index (Phi) is 6.66. The lowest BCUT2D eigenvalue weighted by Crippen LogP contribution is -2.14. The quantitative estimate of drug-likeness (QED) is 0.295. The molecule has 0 aliphatic carbocycles. The van der Waals surface area contributed by atoms with Crippen LogP contribution in [0.1, 0.15) is 18.1 Å². The number of hydrogen-bond acceptors (Lipinski definition) is 5. The van der Waals surface area contributed by atoms with E-state index in [0.717, 1.165) is 34.0 Å². The van der Waals surface area contributed by atoms with Crippen molar-refractivity contribution in [3.63, 3.8) is 0 Å². The number of ether oxygens (including phenoxy) is 1. The van der Waals surface area contributed by atoms with Crippen LogP contribution in [-0.4, -0.2) is 34.8 Å². The van der Waals surface area contributed by atoms with Crippen molar-refractivity contribution in [2.75, 3.05) is 13.6 Å². The lowest BCUT2D eigenvalue weighted by molar-refractivity contribution is 0.452. The Hall–Kier alpha value is -2.86. The maximum absolute atomic E-state index is 6.04. The van der Waals surface area contributed by atoms with Gasteiger partial charge in [-0.3, -0.25) is 0 Å². The highest BCUT2D eigenvalue weighted by molar-refractivity contribution is 7.99. The topological polar surface area (TPSA) is 50.6 Å². The second-order valence-corrected chi connectivity index (χ2v) is 7.46. The van der Waals surface area contributed by atoms with E-state index in [1.165, 1.54) is 11.8 Å². The molecule has 1 heterocycles. The first kappa shape index (κ1) is 19.9. The van der Waals surface area contributed by atoms with Gasteiger partial charge >= 0.3 is 0 Å². The van der Waals surface area contributed by atoms with E-state index in [9.17, 15) is 0 Å². The molecule has 3 aromatic rings. The van der Waals surface area contributed by atoms with Crippen LogP contribution in [0.15, 0.2) is 69.8 Å². The van der Waals surface area contributed by atoms with Crippen LogP contribution in [0.5, 0.6) is 11.6 Å². The maximum Gasteiger partial charge on any atom is 0.223 e. The second kappa shape index (κ2) is 9.37. The number of nitrogens with zero attached hydrogens (tertiary/aromatic N) is 4. The average molecular weight is 393 g/mol. The molecular weight excluding hydrogens is 368 g/mol. The van der Waals surface area contributed by atoms with E-state index in [1.807, 2.05) is 74.6 Å². The summed E-state index contributed by atoms with van der Waals surface area (Å²) in [5.74, 6) is 1.30. The number of hydrogen-bond donors (Lipinski definition) is 0. The summed E-state index contributed by atoms with van der Waals surface area (Å²) in [6, 6.07) is 15.9. The van der Waals surface area contributed by atoms with Crippen molar-refractivity contribution in [1.29, 1.82) is 0 Å². The van der Waals surface area contributed by atoms with Gasteiger partial charge in [0.2, 0.25) is 5.88 Å². The summed E-state index contributed by atoms with van der Waals surface area (Å²) in [6.07, 6.45) is 3.56. The average Bonchev–Trinajstić information content (AvgIpc) is 2.70. The van der Waals surface area contributed by atoms with Crippen molar-refractivity contribution in [1.82, 2.24) is 14.9 Å². The Morgan fingerprint density at radius 3 is 2.64 bits per heavy atom.